The third kappa shape index (κ3) is 3.49. The molecule has 1 N–H and O–H groups in total. The van der Waals surface area contributed by atoms with Crippen LogP contribution in [0.4, 0.5) is 4.39 Å². The monoisotopic (exact) mass is 284 g/mol. The molecule has 2 nitrogen and oxygen atoms in total. The minimum Gasteiger partial charge on any atom is -0.315 e. The van der Waals surface area contributed by atoms with E-state index in [1.54, 1.807) is 12.1 Å². The summed E-state index contributed by atoms with van der Waals surface area (Å²) in [4.78, 5) is 2.49. The maximum atomic E-state index is 13.2. The van der Waals surface area contributed by atoms with Crippen LogP contribution in [0.15, 0.2) is 54.6 Å². The van der Waals surface area contributed by atoms with E-state index in [1.165, 1.54) is 5.56 Å². The van der Waals surface area contributed by atoms with Gasteiger partial charge in [0.1, 0.15) is 5.82 Å². The summed E-state index contributed by atoms with van der Waals surface area (Å²) < 4.78 is 13.2. The van der Waals surface area contributed by atoms with E-state index in [0.29, 0.717) is 0 Å². The average molecular weight is 284 g/mol. The van der Waals surface area contributed by atoms with Crippen molar-refractivity contribution in [2.75, 3.05) is 26.2 Å². The number of nitrogens with one attached hydrogen (secondary N) is 1. The lowest BCUT2D eigenvalue weighted by atomic mass is 9.97. The normalized spacial score (nSPS) is 18.1. The third-order valence-electron chi connectivity index (χ3n) is 4.04. The Labute approximate surface area is 125 Å². The van der Waals surface area contributed by atoms with E-state index in [1.807, 2.05) is 18.2 Å². The highest BCUT2D eigenvalue weighted by Gasteiger charge is 2.22. The van der Waals surface area contributed by atoms with Gasteiger partial charge in [-0.05, 0) is 36.2 Å². The van der Waals surface area contributed by atoms with Crippen molar-refractivity contribution in [1.82, 2.24) is 10.2 Å². The van der Waals surface area contributed by atoms with Crippen molar-refractivity contribution >= 4 is 0 Å². The Bertz CT molecular complexity index is 545. The molecule has 1 saturated heterocycles. The van der Waals surface area contributed by atoms with Gasteiger partial charge >= 0.3 is 0 Å². The maximum absolute atomic E-state index is 13.2. The zero-order chi connectivity index (χ0) is 14.5. The number of benzene rings is 2. The van der Waals surface area contributed by atoms with Crippen molar-refractivity contribution < 1.29 is 4.39 Å². The van der Waals surface area contributed by atoms with Gasteiger partial charge in [-0.25, -0.2) is 4.39 Å². The summed E-state index contributed by atoms with van der Waals surface area (Å²) in [6, 6.07) is 17.6. The molecule has 0 aromatic heterocycles. The Morgan fingerprint density at radius 2 is 1.57 bits per heavy atom. The molecule has 0 amide bonds. The van der Waals surface area contributed by atoms with Crippen LogP contribution in [-0.2, 0) is 0 Å². The molecular weight excluding hydrogens is 263 g/mol. The van der Waals surface area contributed by atoms with Crippen LogP contribution in [0.1, 0.15) is 23.6 Å². The number of rotatable bonds is 3. The van der Waals surface area contributed by atoms with Crippen molar-refractivity contribution in [2.24, 2.45) is 0 Å². The fourth-order valence-electron chi connectivity index (χ4n) is 3.02. The predicted octanol–water partition coefficient (Wildman–Crippen LogP) is 3.21. The Morgan fingerprint density at radius 3 is 2.33 bits per heavy atom. The van der Waals surface area contributed by atoms with E-state index >= 15 is 0 Å². The van der Waals surface area contributed by atoms with E-state index in [-0.39, 0.29) is 11.9 Å². The van der Waals surface area contributed by atoms with Gasteiger partial charge in [0, 0.05) is 19.6 Å². The molecule has 3 rings (SSSR count). The molecule has 21 heavy (non-hydrogen) atoms. The molecule has 1 aliphatic heterocycles. The molecule has 0 spiro atoms. The Hall–Kier alpha value is -1.71. The van der Waals surface area contributed by atoms with E-state index < -0.39 is 0 Å². The largest absolute Gasteiger partial charge is 0.315 e. The second kappa shape index (κ2) is 6.83. The second-order valence-electron chi connectivity index (χ2n) is 5.50. The molecule has 3 heteroatoms. The summed E-state index contributed by atoms with van der Waals surface area (Å²) in [5.41, 5.74) is 2.43. The summed E-state index contributed by atoms with van der Waals surface area (Å²) in [6.07, 6.45) is 1.14. The van der Waals surface area contributed by atoms with Crippen molar-refractivity contribution in [3.05, 3.63) is 71.5 Å². The molecule has 1 heterocycles. The molecule has 1 atom stereocenters. The minimum atomic E-state index is -0.178. The Morgan fingerprint density at radius 1 is 0.857 bits per heavy atom. The molecule has 1 fully saturated rings. The van der Waals surface area contributed by atoms with E-state index in [2.05, 4.69) is 34.5 Å². The first-order chi connectivity index (χ1) is 10.3. The fraction of sp³-hybridized carbons (Fsp3) is 0.333. The molecule has 2 aromatic rings. The van der Waals surface area contributed by atoms with Crippen molar-refractivity contribution in [2.45, 2.75) is 12.5 Å². The standard InChI is InChI=1S/C18H21FN2/c19-17-9-7-16(8-10-17)18(15-5-2-1-3-6-15)21-13-4-11-20-12-14-21/h1-3,5-10,18,20H,4,11-14H2/t18-/m0/s1. The predicted molar refractivity (Wildman–Crippen MR) is 83.7 cm³/mol. The molecule has 0 aliphatic carbocycles. The number of hydrogen-bond acceptors (Lipinski definition) is 2. The molecule has 1 aliphatic rings. The molecule has 110 valence electrons. The lowest BCUT2D eigenvalue weighted by molar-refractivity contribution is 0.241. The first-order valence-corrected chi connectivity index (χ1v) is 7.60. The van der Waals surface area contributed by atoms with E-state index in [0.717, 1.165) is 38.2 Å². The van der Waals surface area contributed by atoms with Crippen LogP contribution in [0.2, 0.25) is 0 Å². The van der Waals surface area contributed by atoms with Gasteiger partial charge < -0.3 is 5.32 Å². The van der Waals surface area contributed by atoms with Crippen LogP contribution in [0, 0.1) is 5.82 Å². The SMILES string of the molecule is Fc1ccc([C@H](c2ccccc2)N2CCCNCC2)cc1. The van der Waals surface area contributed by atoms with Crippen LogP contribution in [0.25, 0.3) is 0 Å². The van der Waals surface area contributed by atoms with Crippen molar-refractivity contribution in [3.8, 4) is 0 Å². The summed E-state index contributed by atoms with van der Waals surface area (Å²) in [5.74, 6) is -0.178. The van der Waals surface area contributed by atoms with Gasteiger partial charge in [0.25, 0.3) is 0 Å². The molecule has 0 unspecified atom stereocenters. The second-order valence-corrected chi connectivity index (χ2v) is 5.50. The molecule has 0 bridgehead atoms. The van der Waals surface area contributed by atoms with Gasteiger partial charge in [0.15, 0.2) is 0 Å². The Balaban J connectivity index is 1.95. The average Bonchev–Trinajstić information content (AvgIpc) is 2.80. The first kappa shape index (κ1) is 14.2. The number of halogens is 1. The van der Waals surface area contributed by atoms with Crippen molar-refractivity contribution in [1.29, 1.82) is 0 Å². The van der Waals surface area contributed by atoms with Crippen LogP contribution in [0.5, 0.6) is 0 Å². The van der Waals surface area contributed by atoms with Gasteiger partial charge in [0.05, 0.1) is 6.04 Å². The van der Waals surface area contributed by atoms with Gasteiger partial charge in [-0.15, -0.1) is 0 Å². The van der Waals surface area contributed by atoms with Crippen LogP contribution in [0.3, 0.4) is 0 Å². The van der Waals surface area contributed by atoms with Gasteiger partial charge in [-0.1, -0.05) is 42.5 Å². The summed E-state index contributed by atoms with van der Waals surface area (Å²) >= 11 is 0. The lowest BCUT2D eigenvalue weighted by Crippen LogP contribution is -2.33. The molecule has 0 saturated carbocycles. The van der Waals surface area contributed by atoms with Gasteiger partial charge in [0.2, 0.25) is 0 Å². The quantitative estimate of drug-likeness (QED) is 0.931. The first-order valence-electron chi connectivity index (χ1n) is 7.60. The number of nitrogens with zero attached hydrogens (tertiary/aromatic N) is 1. The molecular formula is C18H21FN2. The minimum absolute atomic E-state index is 0.178. The van der Waals surface area contributed by atoms with Crippen LogP contribution < -0.4 is 5.32 Å². The van der Waals surface area contributed by atoms with Crippen molar-refractivity contribution in [3.63, 3.8) is 0 Å². The van der Waals surface area contributed by atoms with Crippen LogP contribution >= 0.6 is 0 Å². The van der Waals surface area contributed by atoms with Gasteiger partial charge in [-0.2, -0.15) is 0 Å². The highest BCUT2D eigenvalue weighted by atomic mass is 19.1. The summed E-state index contributed by atoms with van der Waals surface area (Å²) in [7, 11) is 0. The third-order valence-corrected chi connectivity index (χ3v) is 4.04. The van der Waals surface area contributed by atoms with Gasteiger partial charge in [-0.3, -0.25) is 4.90 Å². The van der Waals surface area contributed by atoms with Crippen LogP contribution in [-0.4, -0.2) is 31.1 Å². The summed E-state index contributed by atoms with van der Waals surface area (Å²) in [5, 5.41) is 3.44. The molecule has 0 radical (unpaired) electrons. The maximum Gasteiger partial charge on any atom is 0.123 e. The topological polar surface area (TPSA) is 15.3 Å². The Kier molecular flexibility index (Phi) is 4.63. The highest BCUT2D eigenvalue weighted by molar-refractivity contribution is 5.32. The highest BCUT2D eigenvalue weighted by Crippen LogP contribution is 2.29. The lowest BCUT2D eigenvalue weighted by Gasteiger charge is -2.31. The van der Waals surface area contributed by atoms with E-state index in [4.69, 9.17) is 0 Å². The zero-order valence-corrected chi connectivity index (χ0v) is 12.1. The smallest absolute Gasteiger partial charge is 0.123 e. The summed E-state index contributed by atoms with van der Waals surface area (Å²) in [6.45, 7) is 4.15. The zero-order valence-electron chi connectivity index (χ0n) is 12.1. The fourth-order valence-corrected chi connectivity index (χ4v) is 3.02. The number of hydrogen-bond donors (Lipinski definition) is 1. The molecule has 2 aromatic carbocycles. The van der Waals surface area contributed by atoms with E-state index in [9.17, 15) is 4.39 Å².